The van der Waals surface area contributed by atoms with Crippen LogP contribution in [0.4, 0.5) is 11.5 Å². The monoisotopic (exact) mass is 406 g/mol. The van der Waals surface area contributed by atoms with E-state index in [1.807, 2.05) is 30.5 Å². The summed E-state index contributed by atoms with van der Waals surface area (Å²) in [6.07, 6.45) is 5.46. The molecule has 0 spiro atoms. The Hall–Kier alpha value is -3.09. The highest BCUT2D eigenvalue weighted by molar-refractivity contribution is 5.87. The average molecular weight is 407 g/mol. The molecular weight excluding hydrogens is 376 g/mol. The van der Waals surface area contributed by atoms with Gasteiger partial charge in [0.15, 0.2) is 0 Å². The Kier molecular flexibility index (Phi) is 5.61. The number of nitrogens with zero attached hydrogens (tertiary/aromatic N) is 3. The van der Waals surface area contributed by atoms with Gasteiger partial charge in [0.25, 0.3) is 0 Å². The molecule has 1 atom stereocenters. The van der Waals surface area contributed by atoms with Crippen molar-refractivity contribution >= 4 is 28.4 Å². The van der Waals surface area contributed by atoms with Gasteiger partial charge in [-0.3, -0.25) is 4.79 Å². The fraction of sp³-hybridized carbons (Fsp3) is 0.435. The van der Waals surface area contributed by atoms with Crippen molar-refractivity contribution in [3.8, 4) is 0 Å². The highest BCUT2D eigenvalue weighted by Gasteiger charge is 2.24. The maximum atomic E-state index is 12.6. The third kappa shape index (κ3) is 4.40. The minimum absolute atomic E-state index is 0.0139. The van der Waals surface area contributed by atoms with E-state index >= 15 is 0 Å². The number of nitrogens with one attached hydrogen (secondary N) is 3. The zero-order valence-corrected chi connectivity index (χ0v) is 17.9. The van der Waals surface area contributed by atoms with Gasteiger partial charge >= 0.3 is 0 Å². The van der Waals surface area contributed by atoms with Gasteiger partial charge in [-0.25, -0.2) is 9.97 Å². The molecule has 0 saturated carbocycles. The van der Waals surface area contributed by atoms with E-state index < -0.39 is 0 Å². The second-order valence-electron chi connectivity index (χ2n) is 8.94. The number of hydrogen-bond acceptors (Lipinski definition) is 5. The molecule has 0 bridgehead atoms. The van der Waals surface area contributed by atoms with Gasteiger partial charge in [-0.15, -0.1) is 0 Å². The van der Waals surface area contributed by atoms with Crippen molar-refractivity contribution in [2.24, 2.45) is 0 Å². The number of fused-ring (bicyclic) bond motifs is 1. The lowest BCUT2D eigenvalue weighted by atomic mass is 9.86. The van der Waals surface area contributed by atoms with Gasteiger partial charge in [-0.1, -0.05) is 39.0 Å². The van der Waals surface area contributed by atoms with Gasteiger partial charge < -0.3 is 20.5 Å². The second-order valence-corrected chi connectivity index (χ2v) is 8.94. The van der Waals surface area contributed by atoms with Gasteiger partial charge in [-0.05, 0) is 36.0 Å². The van der Waals surface area contributed by atoms with Crippen LogP contribution < -0.4 is 15.5 Å². The number of para-hydroxylation sites is 1. The third-order valence-electron chi connectivity index (χ3n) is 5.59. The van der Waals surface area contributed by atoms with Crippen LogP contribution in [0.3, 0.4) is 0 Å². The van der Waals surface area contributed by atoms with Gasteiger partial charge in [0.05, 0.1) is 11.9 Å². The number of rotatable bonds is 5. The van der Waals surface area contributed by atoms with Crippen molar-refractivity contribution in [1.29, 1.82) is 0 Å². The molecule has 1 aromatic carbocycles. The van der Waals surface area contributed by atoms with Gasteiger partial charge in [0, 0.05) is 31.0 Å². The van der Waals surface area contributed by atoms with E-state index in [1.54, 1.807) is 6.33 Å². The van der Waals surface area contributed by atoms with Crippen molar-refractivity contribution < 1.29 is 4.79 Å². The molecule has 1 fully saturated rings. The smallest absolute Gasteiger partial charge is 0.239 e. The number of benzene rings is 1. The Morgan fingerprint density at radius 1 is 1.23 bits per heavy atom. The summed E-state index contributed by atoms with van der Waals surface area (Å²) < 4.78 is 0. The zero-order chi connectivity index (χ0) is 21.1. The summed E-state index contributed by atoms with van der Waals surface area (Å²) in [5, 5.41) is 7.54. The molecule has 1 aliphatic heterocycles. The van der Waals surface area contributed by atoms with Crippen LogP contribution in [0.5, 0.6) is 0 Å². The summed E-state index contributed by atoms with van der Waals surface area (Å²) in [7, 11) is 0. The largest absolute Gasteiger partial charge is 0.376 e. The number of piperidine rings is 1. The molecule has 7 nitrogen and oxygen atoms in total. The lowest BCUT2D eigenvalue weighted by molar-refractivity contribution is -0.120. The molecule has 1 aliphatic rings. The maximum Gasteiger partial charge on any atom is 0.239 e. The Bertz CT molecular complexity index is 1020. The molecule has 1 saturated heterocycles. The molecule has 0 radical (unpaired) electrons. The summed E-state index contributed by atoms with van der Waals surface area (Å²) in [5.74, 6) is 0.942. The molecular formula is C23H30N6O. The molecule has 30 heavy (non-hydrogen) atoms. The van der Waals surface area contributed by atoms with E-state index in [2.05, 4.69) is 57.3 Å². The fourth-order valence-corrected chi connectivity index (χ4v) is 4.14. The normalized spacial score (nSPS) is 17.2. The number of carbonyl (C=O) groups is 1. The highest BCUT2D eigenvalue weighted by Crippen LogP contribution is 2.29. The van der Waals surface area contributed by atoms with E-state index in [0.717, 1.165) is 48.5 Å². The van der Waals surface area contributed by atoms with Crippen molar-refractivity contribution in [1.82, 2.24) is 20.3 Å². The Labute approximate surface area is 177 Å². The molecule has 4 rings (SSSR count). The summed E-state index contributed by atoms with van der Waals surface area (Å²) in [4.78, 5) is 26.8. The Morgan fingerprint density at radius 2 is 2.07 bits per heavy atom. The first kappa shape index (κ1) is 20.2. The Balaban J connectivity index is 1.37. The molecule has 3 aromatic rings. The molecule has 0 unspecified atom stereocenters. The molecule has 3 N–H and O–H groups in total. The van der Waals surface area contributed by atoms with Gasteiger partial charge in [0.1, 0.15) is 17.8 Å². The predicted molar refractivity (Wildman–Crippen MR) is 121 cm³/mol. The van der Waals surface area contributed by atoms with Crippen LogP contribution in [-0.4, -0.2) is 46.5 Å². The lowest BCUT2D eigenvalue weighted by Gasteiger charge is -2.34. The number of anilines is 2. The average Bonchev–Trinajstić information content (AvgIpc) is 3.21. The molecule has 0 aliphatic carbocycles. The van der Waals surface area contributed by atoms with Crippen molar-refractivity contribution in [2.45, 2.75) is 45.1 Å². The van der Waals surface area contributed by atoms with Crippen molar-refractivity contribution in [2.75, 3.05) is 29.9 Å². The van der Waals surface area contributed by atoms with Crippen molar-refractivity contribution in [3.63, 3.8) is 0 Å². The zero-order valence-electron chi connectivity index (χ0n) is 17.9. The van der Waals surface area contributed by atoms with Gasteiger partial charge in [0.2, 0.25) is 5.91 Å². The van der Waals surface area contributed by atoms with E-state index in [1.165, 1.54) is 5.56 Å². The van der Waals surface area contributed by atoms with Crippen LogP contribution >= 0.6 is 0 Å². The SMILES string of the molecule is CC(C)(C)c1ccccc1NCC(=O)N[C@@H]1CCCN(c2ncnc3[nH]ccc23)C1. The highest BCUT2D eigenvalue weighted by atomic mass is 16.2. The number of amides is 1. The molecule has 3 heterocycles. The van der Waals surface area contributed by atoms with Crippen LogP contribution in [0.2, 0.25) is 0 Å². The minimum Gasteiger partial charge on any atom is -0.376 e. The standard InChI is InChI=1S/C23H30N6O/c1-23(2,3)18-8-4-5-9-19(18)25-13-20(30)28-16-7-6-12-29(14-16)22-17-10-11-24-21(17)26-15-27-22/h4-5,8-11,15-16,25H,6-7,12-14H2,1-3H3,(H,28,30)(H,24,26,27)/t16-/m1/s1. The molecule has 2 aromatic heterocycles. The van der Waals surface area contributed by atoms with E-state index in [4.69, 9.17) is 0 Å². The van der Waals surface area contributed by atoms with Gasteiger partial charge in [-0.2, -0.15) is 0 Å². The number of aromatic nitrogens is 3. The van der Waals surface area contributed by atoms with E-state index in [9.17, 15) is 4.79 Å². The molecule has 158 valence electrons. The summed E-state index contributed by atoms with van der Waals surface area (Å²) >= 11 is 0. The van der Waals surface area contributed by atoms with Crippen molar-refractivity contribution in [3.05, 3.63) is 48.4 Å². The summed E-state index contributed by atoms with van der Waals surface area (Å²) in [5.41, 5.74) is 3.08. The topological polar surface area (TPSA) is 85.9 Å². The van der Waals surface area contributed by atoms with Crippen LogP contribution in [0.15, 0.2) is 42.9 Å². The van der Waals surface area contributed by atoms with Crippen LogP contribution in [0, 0.1) is 0 Å². The third-order valence-corrected chi connectivity index (χ3v) is 5.59. The van der Waals surface area contributed by atoms with Crippen LogP contribution in [0.25, 0.3) is 11.0 Å². The maximum absolute atomic E-state index is 12.6. The fourth-order valence-electron chi connectivity index (χ4n) is 4.14. The number of hydrogen-bond donors (Lipinski definition) is 3. The molecule has 1 amide bonds. The predicted octanol–water partition coefficient (Wildman–Crippen LogP) is 3.45. The number of carbonyl (C=O) groups excluding carboxylic acids is 1. The first-order valence-electron chi connectivity index (χ1n) is 10.6. The lowest BCUT2D eigenvalue weighted by Crippen LogP contribution is -2.49. The van der Waals surface area contributed by atoms with Crippen LogP contribution in [0.1, 0.15) is 39.2 Å². The van der Waals surface area contributed by atoms with Crippen LogP contribution in [-0.2, 0) is 10.2 Å². The van der Waals surface area contributed by atoms with E-state index in [0.29, 0.717) is 0 Å². The quantitative estimate of drug-likeness (QED) is 0.604. The number of H-pyrrole nitrogens is 1. The Morgan fingerprint density at radius 3 is 2.90 bits per heavy atom. The number of aromatic amines is 1. The second kappa shape index (κ2) is 8.34. The summed E-state index contributed by atoms with van der Waals surface area (Å²) in [6, 6.07) is 10.3. The molecule has 7 heteroatoms. The van der Waals surface area contributed by atoms with E-state index in [-0.39, 0.29) is 23.9 Å². The first-order chi connectivity index (χ1) is 14.4. The first-order valence-corrected chi connectivity index (χ1v) is 10.6. The summed E-state index contributed by atoms with van der Waals surface area (Å²) in [6.45, 7) is 8.48. The minimum atomic E-state index is 0.0139.